The number of benzene rings is 1. The summed E-state index contributed by atoms with van der Waals surface area (Å²) in [5, 5.41) is 0.851. The zero-order valence-corrected chi connectivity index (χ0v) is 13.3. The van der Waals surface area contributed by atoms with Gasteiger partial charge < -0.3 is 19.1 Å². The summed E-state index contributed by atoms with van der Waals surface area (Å²) < 4.78 is 16.3. The molecule has 3 rings (SSSR count). The van der Waals surface area contributed by atoms with Gasteiger partial charge >= 0.3 is 0 Å². The van der Waals surface area contributed by atoms with Crippen molar-refractivity contribution in [2.24, 2.45) is 0 Å². The number of piperidine rings is 1. The van der Waals surface area contributed by atoms with Crippen molar-refractivity contribution in [2.45, 2.75) is 18.9 Å². The Morgan fingerprint density at radius 1 is 1.29 bits per heavy atom. The van der Waals surface area contributed by atoms with Gasteiger partial charge in [0.05, 0.1) is 12.7 Å². The fourth-order valence-electron chi connectivity index (χ4n) is 2.65. The highest BCUT2D eigenvalue weighted by Gasteiger charge is 2.25. The van der Waals surface area contributed by atoms with E-state index in [1.165, 1.54) is 0 Å². The predicted molar refractivity (Wildman–Crippen MR) is 81.2 cm³/mol. The summed E-state index contributed by atoms with van der Waals surface area (Å²) in [6, 6.07) is 5.35. The number of likely N-dealkylation sites (tertiary alicyclic amines) is 1. The van der Waals surface area contributed by atoms with Crippen LogP contribution in [0.1, 0.15) is 23.2 Å². The molecule has 2 aliphatic rings. The second kappa shape index (κ2) is 6.66. The number of alkyl halides is 1. The Morgan fingerprint density at radius 2 is 2.05 bits per heavy atom. The van der Waals surface area contributed by atoms with Crippen LogP contribution in [-0.2, 0) is 4.74 Å². The largest absolute Gasteiger partial charge is 0.454 e. The number of carbonyl (C=O) groups excluding carboxylic acids is 1. The maximum absolute atomic E-state index is 12.5. The summed E-state index contributed by atoms with van der Waals surface area (Å²) in [6.45, 7) is 2.42. The van der Waals surface area contributed by atoms with Crippen LogP contribution in [0.5, 0.6) is 11.5 Å². The molecule has 1 saturated heterocycles. The summed E-state index contributed by atoms with van der Waals surface area (Å²) >= 11 is 3.35. The minimum absolute atomic E-state index is 0.0484. The van der Waals surface area contributed by atoms with Crippen molar-refractivity contribution in [3.05, 3.63) is 23.8 Å². The van der Waals surface area contributed by atoms with Crippen LogP contribution in [0.25, 0.3) is 0 Å². The second-order valence-corrected chi connectivity index (χ2v) is 5.91. The van der Waals surface area contributed by atoms with Gasteiger partial charge in [-0.25, -0.2) is 0 Å². The number of amides is 1. The number of ether oxygens (including phenoxy) is 3. The normalized spacial score (nSPS) is 18.0. The molecule has 0 spiro atoms. The van der Waals surface area contributed by atoms with Gasteiger partial charge in [0.1, 0.15) is 0 Å². The lowest BCUT2D eigenvalue weighted by atomic mass is 10.1. The fraction of sp³-hybridized carbons (Fsp3) is 0.533. The van der Waals surface area contributed by atoms with Gasteiger partial charge in [0.15, 0.2) is 11.5 Å². The zero-order valence-electron chi connectivity index (χ0n) is 11.7. The van der Waals surface area contributed by atoms with Crippen LogP contribution < -0.4 is 9.47 Å². The van der Waals surface area contributed by atoms with E-state index >= 15 is 0 Å². The number of fused-ring (bicyclic) bond motifs is 1. The number of hydrogen-bond acceptors (Lipinski definition) is 4. The lowest BCUT2D eigenvalue weighted by molar-refractivity contribution is 0.0160. The van der Waals surface area contributed by atoms with Gasteiger partial charge in [0.25, 0.3) is 5.91 Å². The van der Waals surface area contributed by atoms with Crippen LogP contribution in [0, 0.1) is 0 Å². The highest BCUT2D eigenvalue weighted by molar-refractivity contribution is 9.09. The van der Waals surface area contributed by atoms with Crippen LogP contribution in [0.4, 0.5) is 0 Å². The van der Waals surface area contributed by atoms with E-state index < -0.39 is 0 Å². The van der Waals surface area contributed by atoms with Gasteiger partial charge in [-0.15, -0.1) is 0 Å². The molecular formula is C15H18BrNO4. The number of halogens is 1. The Balaban J connectivity index is 1.59. The van der Waals surface area contributed by atoms with E-state index in [4.69, 9.17) is 14.2 Å². The van der Waals surface area contributed by atoms with Crippen LogP contribution in [0.3, 0.4) is 0 Å². The molecule has 0 unspecified atom stereocenters. The number of hydrogen-bond donors (Lipinski definition) is 0. The second-order valence-electron chi connectivity index (χ2n) is 5.12. The highest BCUT2D eigenvalue weighted by atomic mass is 79.9. The minimum Gasteiger partial charge on any atom is -0.454 e. The number of carbonyl (C=O) groups is 1. The molecule has 2 heterocycles. The van der Waals surface area contributed by atoms with Crippen LogP contribution >= 0.6 is 15.9 Å². The molecule has 5 nitrogen and oxygen atoms in total. The zero-order chi connectivity index (χ0) is 14.7. The molecule has 1 fully saturated rings. The highest BCUT2D eigenvalue weighted by Crippen LogP contribution is 2.33. The van der Waals surface area contributed by atoms with Gasteiger partial charge in [-0.3, -0.25) is 4.79 Å². The Morgan fingerprint density at radius 3 is 2.81 bits per heavy atom. The minimum atomic E-state index is 0.0484. The van der Waals surface area contributed by atoms with Gasteiger partial charge in [-0.2, -0.15) is 0 Å². The summed E-state index contributed by atoms with van der Waals surface area (Å²) in [6.07, 6.45) is 2.05. The van der Waals surface area contributed by atoms with Crippen molar-refractivity contribution < 1.29 is 19.0 Å². The molecule has 114 valence electrons. The van der Waals surface area contributed by atoms with Crippen molar-refractivity contribution in [3.63, 3.8) is 0 Å². The number of rotatable bonds is 4. The first-order chi connectivity index (χ1) is 10.3. The molecule has 6 heteroatoms. The fourth-order valence-corrected chi connectivity index (χ4v) is 2.84. The first-order valence-corrected chi connectivity index (χ1v) is 8.26. The molecule has 1 amide bonds. The lowest BCUT2D eigenvalue weighted by Gasteiger charge is -2.32. The molecule has 0 saturated carbocycles. The third-order valence-corrected chi connectivity index (χ3v) is 4.10. The van der Waals surface area contributed by atoms with Crippen molar-refractivity contribution in [1.82, 2.24) is 4.90 Å². The first-order valence-electron chi connectivity index (χ1n) is 7.14. The van der Waals surface area contributed by atoms with E-state index in [2.05, 4.69) is 15.9 Å². The van der Waals surface area contributed by atoms with E-state index in [0.717, 1.165) is 37.9 Å². The molecule has 0 N–H and O–H groups in total. The Bertz CT molecular complexity index is 514. The van der Waals surface area contributed by atoms with Crippen molar-refractivity contribution in [3.8, 4) is 11.5 Å². The quantitative estimate of drug-likeness (QED) is 0.778. The van der Waals surface area contributed by atoms with E-state index in [1.807, 2.05) is 4.90 Å². The molecule has 0 aromatic heterocycles. The third kappa shape index (κ3) is 3.32. The van der Waals surface area contributed by atoms with Gasteiger partial charge in [-0.05, 0) is 31.0 Å². The maximum Gasteiger partial charge on any atom is 0.253 e. The van der Waals surface area contributed by atoms with Gasteiger partial charge in [0, 0.05) is 24.0 Å². The van der Waals surface area contributed by atoms with Gasteiger partial charge in [-0.1, -0.05) is 15.9 Å². The summed E-state index contributed by atoms with van der Waals surface area (Å²) in [7, 11) is 0. The SMILES string of the molecule is O=C(c1ccc2c(c1)OCO2)N1CCC(OCCBr)CC1. The Labute approximate surface area is 132 Å². The summed E-state index contributed by atoms with van der Waals surface area (Å²) in [5.74, 6) is 1.40. The monoisotopic (exact) mass is 355 g/mol. The van der Waals surface area contributed by atoms with Crippen molar-refractivity contribution in [2.75, 3.05) is 31.8 Å². The van der Waals surface area contributed by atoms with E-state index in [-0.39, 0.29) is 18.8 Å². The van der Waals surface area contributed by atoms with Crippen molar-refractivity contribution in [1.29, 1.82) is 0 Å². The molecule has 2 aliphatic heterocycles. The van der Waals surface area contributed by atoms with E-state index in [0.29, 0.717) is 17.1 Å². The third-order valence-electron chi connectivity index (χ3n) is 3.78. The summed E-state index contributed by atoms with van der Waals surface area (Å²) in [4.78, 5) is 14.4. The predicted octanol–water partition coefficient (Wildman–Crippen LogP) is 2.43. The molecular weight excluding hydrogens is 338 g/mol. The van der Waals surface area contributed by atoms with E-state index in [1.54, 1.807) is 18.2 Å². The molecule has 0 bridgehead atoms. The maximum atomic E-state index is 12.5. The average Bonchev–Trinajstić information content (AvgIpc) is 3.00. The molecule has 1 aromatic rings. The molecule has 0 radical (unpaired) electrons. The van der Waals surface area contributed by atoms with Crippen LogP contribution in [0.15, 0.2) is 18.2 Å². The summed E-state index contributed by atoms with van der Waals surface area (Å²) in [5.41, 5.74) is 0.652. The Kier molecular flexibility index (Phi) is 4.65. The topological polar surface area (TPSA) is 48.0 Å². The van der Waals surface area contributed by atoms with Gasteiger partial charge in [0.2, 0.25) is 6.79 Å². The first kappa shape index (κ1) is 14.7. The standard InChI is InChI=1S/C15H18BrNO4/c16-5-8-19-12-3-6-17(7-4-12)15(18)11-1-2-13-14(9-11)21-10-20-13/h1-2,9,12H,3-8,10H2. The molecule has 0 aliphatic carbocycles. The molecule has 21 heavy (non-hydrogen) atoms. The molecule has 1 aromatic carbocycles. The van der Waals surface area contributed by atoms with Crippen LogP contribution in [0.2, 0.25) is 0 Å². The lowest BCUT2D eigenvalue weighted by Crippen LogP contribution is -2.41. The van der Waals surface area contributed by atoms with Crippen LogP contribution in [-0.4, -0.2) is 48.7 Å². The smallest absolute Gasteiger partial charge is 0.253 e. The average molecular weight is 356 g/mol. The Hall–Kier alpha value is -1.27. The van der Waals surface area contributed by atoms with E-state index in [9.17, 15) is 4.79 Å². The van der Waals surface area contributed by atoms with Crippen molar-refractivity contribution >= 4 is 21.8 Å². The number of nitrogens with zero attached hydrogens (tertiary/aromatic N) is 1. The molecule has 0 atom stereocenters.